The van der Waals surface area contributed by atoms with E-state index in [1.165, 1.54) is 0 Å². The van der Waals surface area contributed by atoms with Crippen LogP contribution in [0.25, 0.3) is 6.08 Å². The first-order valence-electron chi connectivity index (χ1n) is 3.00. The first-order chi connectivity index (χ1) is 4.86. The summed E-state index contributed by atoms with van der Waals surface area (Å²) in [6, 6.07) is 0. The van der Waals surface area contributed by atoms with Gasteiger partial charge in [-0.1, -0.05) is 6.08 Å². The van der Waals surface area contributed by atoms with Gasteiger partial charge >= 0.3 is 0 Å². The summed E-state index contributed by atoms with van der Waals surface area (Å²) in [4.78, 5) is 4.03. The maximum absolute atomic E-state index is 5.49. The summed E-state index contributed by atoms with van der Waals surface area (Å²) in [7, 11) is 0. The molecule has 0 aliphatic heterocycles. The maximum atomic E-state index is 5.49. The van der Waals surface area contributed by atoms with Gasteiger partial charge in [-0.25, -0.2) is 4.98 Å². The zero-order valence-electron chi connectivity index (χ0n) is 5.67. The summed E-state index contributed by atoms with van der Waals surface area (Å²) < 4.78 is 5.01. The molecule has 0 N–H and O–H groups in total. The van der Waals surface area contributed by atoms with Crippen molar-refractivity contribution in [2.75, 3.05) is 0 Å². The van der Waals surface area contributed by atoms with Gasteiger partial charge in [-0.05, 0) is 13.0 Å². The van der Waals surface area contributed by atoms with Gasteiger partial charge in [0, 0.05) is 0 Å². The van der Waals surface area contributed by atoms with Crippen molar-refractivity contribution < 1.29 is 4.42 Å². The highest BCUT2D eigenvalue weighted by atomic mass is 35.5. The molecule has 1 aromatic heterocycles. The number of alkyl halides is 1. The lowest BCUT2D eigenvalue weighted by Crippen LogP contribution is -1.75. The average Bonchev–Trinajstić information content (AvgIpc) is 2.37. The van der Waals surface area contributed by atoms with Crippen LogP contribution in [0.2, 0.25) is 0 Å². The van der Waals surface area contributed by atoms with Gasteiger partial charge in [0.2, 0.25) is 5.89 Å². The normalized spacial score (nSPS) is 11.0. The van der Waals surface area contributed by atoms with E-state index in [-0.39, 0.29) is 0 Å². The molecule has 0 aliphatic carbocycles. The molecule has 1 aromatic rings. The smallest absolute Gasteiger partial charge is 0.218 e. The second-order valence-electron chi connectivity index (χ2n) is 1.81. The number of nitrogens with zero attached hydrogens (tertiary/aromatic N) is 1. The minimum absolute atomic E-state index is 0.404. The molecule has 0 radical (unpaired) electrons. The van der Waals surface area contributed by atoms with E-state index < -0.39 is 0 Å². The molecule has 2 nitrogen and oxygen atoms in total. The predicted octanol–water partition coefficient (Wildman–Crippen LogP) is 2.45. The van der Waals surface area contributed by atoms with E-state index in [0.29, 0.717) is 11.8 Å². The number of halogens is 1. The molecule has 0 saturated carbocycles. The van der Waals surface area contributed by atoms with Crippen LogP contribution in [-0.4, -0.2) is 4.98 Å². The number of oxazole rings is 1. The summed E-state index contributed by atoms with van der Waals surface area (Å²) in [5.41, 5.74) is 0.773. The number of allylic oxidation sites excluding steroid dienone is 1. The quantitative estimate of drug-likeness (QED) is 0.617. The van der Waals surface area contributed by atoms with Gasteiger partial charge in [-0.15, -0.1) is 11.6 Å². The van der Waals surface area contributed by atoms with E-state index in [1.54, 1.807) is 12.3 Å². The number of hydrogen-bond donors (Lipinski definition) is 0. The minimum atomic E-state index is 0.404. The average molecular weight is 158 g/mol. The molecule has 0 amide bonds. The summed E-state index contributed by atoms with van der Waals surface area (Å²) in [6.07, 6.45) is 5.21. The molecule has 0 fully saturated rings. The standard InChI is InChI=1S/C7H8ClNO/c1-2-3-7-9-6(4-8)5-10-7/h2-3,5H,4H2,1H3. The topological polar surface area (TPSA) is 26.0 Å². The van der Waals surface area contributed by atoms with Gasteiger partial charge in [-0.2, -0.15) is 0 Å². The molecule has 0 aromatic carbocycles. The third-order valence-corrected chi connectivity index (χ3v) is 1.29. The van der Waals surface area contributed by atoms with Crippen LogP contribution in [0, 0.1) is 0 Å². The van der Waals surface area contributed by atoms with Gasteiger partial charge in [-0.3, -0.25) is 0 Å². The highest BCUT2D eigenvalue weighted by molar-refractivity contribution is 6.16. The molecule has 1 heterocycles. The van der Waals surface area contributed by atoms with Gasteiger partial charge in [0.15, 0.2) is 0 Å². The number of aromatic nitrogens is 1. The van der Waals surface area contributed by atoms with E-state index in [4.69, 9.17) is 16.0 Å². The molecule has 3 heteroatoms. The first kappa shape index (κ1) is 7.35. The second-order valence-corrected chi connectivity index (χ2v) is 2.08. The van der Waals surface area contributed by atoms with Crippen molar-refractivity contribution in [3.63, 3.8) is 0 Å². The van der Waals surface area contributed by atoms with Crippen LogP contribution in [0.15, 0.2) is 16.8 Å². The van der Waals surface area contributed by atoms with Crippen LogP contribution in [0.1, 0.15) is 18.5 Å². The summed E-state index contributed by atoms with van der Waals surface area (Å²) >= 11 is 5.49. The molecule has 0 unspecified atom stereocenters. The van der Waals surface area contributed by atoms with E-state index in [0.717, 1.165) is 5.69 Å². The SMILES string of the molecule is CC=Cc1nc(CCl)co1. The highest BCUT2D eigenvalue weighted by Crippen LogP contribution is 2.05. The van der Waals surface area contributed by atoms with Crippen LogP contribution in [0.5, 0.6) is 0 Å². The van der Waals surface area contributed by atoms with Crippen molar-refractivity contribution >= 4 is 17.7 Å². The molecule has 1 rings (SSSR count). The van der Waals surface area contributed by atoms with Gasteiger partial charge < -0.3 is 4.42 Å². The molecule has 10 heavy (non-hydrogen) atoms. The Balaban J connectivity index is 2.78. The predicted molar refractivity (Wildman–Crippen MR) is 40.8 cm³/mol. The Morgan fingerprint density at radius 3 is 3.10 bits per heavy atom. The fraction of sp³-hybridized carbons (Fsp3) is 0.286. The minimum Gasteiger partial charge on any atom is -0.445 e. The lowest BCUT2D eigenvalue weighted by molar-refractivity contribution is 0.545. The van der Waals surface area contributed by atoms with Crippen LogP contribution in [0.4, 0.5) is 0 Å². The fourth-order valence-corrected chi connectivity index (χ4v) is 0.726. The second kappa shape index (κ2) is 3.42. The molecule has 0 spiro atoms. The van der Waals surface area contributed by atoms with Crippen molar-refractivity contribution in [2.24, 2.45) is 0 Å². The fourth-order valence-electron chi connectivity index (χ4n) is 0.603. The van der Waals surface area contributed by atoms with Crippen molar-refractivity contribution in [2.45, 2.75) is 12.8 Å². The summed E-state index contributed by atoms with van der Waals surface area (Å²) in [5.74, 6) is 1.01. The van der Waals surface area contributed by atoms with E-state index >= 15 is 0 Å². The lowest BCUT2D eigenvalue weighted by Gasteiger charge is -1.77. The Bertz CT molecular complexity index is 229. The van der Waals surface area contributed by atoms with Gasteiger partial charge in [0.25, 0.3) is 0 Å². The van der Waals surface area contributed by atoms with Crippen LogP contribution < -0.4 is 0 Å². The van der Waals surface area contributed by atoms with E-state index in [9.17, 15) is 0 Å². The molecule has 0 aliphatic rings. The molecular weight excluding hydrogens is 150 g/mol. The number of rotatable bonds is 2. The maximum Gasteiger partial charge on any atom is 0.218 e. The molecule has 0 saturated heterocycles. The van der Waals surface area contributed by atoms with Crippen molar-refractivity contribution in [3.05, 3.63) is 23.9 Å². The van der Waals surface area contributed by atoms with E-state index in [2.05, 4.69) is 4.98 Å². The van der Waals surface area contributed by atoms with Crippen molar-refractivity contribution in [1.29, 1.82) is 0 Å². The molecular formula is C7H8ClNO. The van der Waals surface area contributed by atoms with Crippen LogP contribution in [-0.2, 0) is 5.88 Å². The molecule has 54 valence electrons. The Hall–Kier alpha value is -0.760. The third kappa shape index (κ3) is 1.61. The van der Waals surface area contributed by atoms with E-state index in [1.807, 2.05) is 13.0 Å². The third-order valence-electron chi connectivity index (χ3n) is 1.02. The molecule has 0 atom stereocenters. The first-order valence-corrected chi connectivity index (χ1v) is 3.53. The molecule has 0 bridgehead atoms. The van der Waals surface area contributed by atoms with Crippen molar-refractivity contribution in [1.82, 2.24) is 4.98 Å². The summed E-state index contributed by atoms with van der Waals surface area (Å²) in [5, 5.41) is 0. The largest absolute Gasteiger partial charge is 0.445 e. The van der Waals surface area contributed by atoms with Crippen LogP contribution >= 0.6 is 11.6 Å². The highest BCUT2D eigenvalue weighted by Gasteiger charge is 1.96. The lowest BCUT2D eigenvalue weighted by atomic mass is 10.5. The monoisotopic (exact) mass is 157 g/mol. The number of hydrogen-bond acceptors (Lipinski definition) is 2. The van der Waals surface area contributed by atoms with Gasteiger partial charge in [0.1, 0.15) is 6.26 Å². The van der Waals surface area contributed by atoms with Gasteiger partial charge in [0.05, 0.1) is 11.6 Å². The Kier molecular flexibility index (Phi) is 2.51. The zero-order chi connectivity index (χ0) is 7.40. The Labute approximate surface area is 64.5 Å². The van der Waals surface area contributed by atoms with Crippen LogP contribution in [0.3, 0.4) is 0 Å². The summed E-state index contributed by atoms with van der Waals surface area (Å²) in [6.45, 7) is 1.91. The van der Waals surface area contributed by atoms with Crippen molar-refractivity contribution in [3.8, 4) is 0 Å². The zero-order valence-corrected chi connectivity index (χ0v) is 6.43. The Morgan fingerprint density at radius 1 is 1.80 bits per heavy atom. The Morgan fingerprint density at radius 2 is 2.60 bits per heavy atom.